The lowest BCUT2D eigenvalue weighted by Crippen LogP contribution is -2.50. The Morgan fingerprint density at radius 3 is 2.28 bits per heavy atom. The van der Waals surface area contributed by atoms with Gasteiger partial charge >= 0.3 is 0 Å². The SMILES string of the molecule is CCNN(NCC)C(=S)SC(C)c1ccccc1. The number of nitrogens with one attached hydrogen (secondary N) is 2. The summed E-state index contributed by atoms with van der Waals surface area (Å²) < 4.78 is 0.815. The standard InChI is InChI=1S/C13H21N3S2/c1-4-14-16(15-5-2)13(17)18-11(3)12-9-7-6-8-10-12/h6-11,14-15H,4-5H2,1-3H3. The molecule has 3 nitrogen and oxygen atoms in total. The van der Waals surface area contributed by atoms with Gasteiger partial charge in [-0.3, -0.25) is 0 Å². The Hall–Kier alpha value is -0.620. The van der Waals surface area contributed by atoms with Crippen molar-refractivity contribution in [3.63, 3.8) is 0 Å². The molecule has 0 aromatic heterocycles. The maximum absolute atomic E-state index is 5.45. The molecule has 0 heterocycles. The molecule has 100 valence electrons. The largest absolute Gasteiger partial charge is 0.224 e. The minimum absolute atomic E-state index is 0.346. The molecule has 0 amide bonds. The number of hydrogen-bond acceptors (Lipinski definition) is 4. The van der Waals surface area contributed by atoms with Gasteiger partial charge in [-0.15, -0.1) is 0 Å². The summed E-state index contributed by atoms with van der Waals surface area (Å²) in [6.45, 7) is 7.96. The van der Waals surface area contributed by atoms with Crippen LogP contribution < -0.4 is 10.9 Å². The zero-order valence-electron chi connectivity index (χ0n) is 11.1. The highest BCUT2D eigenvalue weighted by Gasteiger charge is 2.13. The van der Waals surface area contributed by atoms with Gasteiger partial charge in [0.25, 0.3) is 0 Å². The van der Waals surface area contributed by atoms with Crippen molar-refractivity contribution >= 4 is 28.3 Å². The van der Waals surface area contributed by atoms with Crippen LogP contribution in [0.1, 0.15) is 31.6 Å². The number of thiocarbonyl (C=S) groups is 1. The van der Waals surface area contributed by atoms with Crippen molar-refractivity contribution < 1.29 is 0 Å². The molecule has 0 spiro atoms. The van der Waals surface area contributed by atoms with Crippen LogP contribution in [0.25, 0.3) is 0 Å². The van der Waals surface area contributed by atoms with E-state index in [1.54, 1.807) is 11.8 Å². The van der Waals surface area contributed by atoms with Crippen LogP contribution in [0.4, 0.5) is 0 Å². The molecule has 1 rings (SSSR count). The Bertz CT molecular complexity index is 351. The van der Waals surface area contributed by atoms with E-state index in [0.29, 0.717) is 5.25 Å². The molecular weight excluding hydrogens is 262 g/mol. The van der Waals surface area contributed by atoms with E-state index in [1.807, 2.05) is 11.2 Å². The zero-order chi connectivity index (χ0) is 13.4. The second-order valence-corrected chi connectivity index (χ2v) is 5.77. The van der Waals surface area contributed by atoms with Gasteiger partial charge < -0.3 is 0 Å². The van der Waals surface area contributed by atoms with E-state index in [0.717, 1.165) is 17.4 Å². The zero-order valence-corrected chi connectivity index (χ0v) is 12.8. The summed E-state index contributed by atoms with van der Waals surface area (Å²) in [6.07, 6.45) is 0. The molecule has 0 aliphatic heterocycles. The Kier molecular flexibility index (Phi) is 7.27. The van der Waals surface area contributed by atoms with Gasteiger partial charge in [-0.1, -0.05) is 55.9 Å². The monoisotopic (exact) mass is 283 g/mol. The van der Waals surface area contributed by atoms with Crippen LogP contribution in [-0.4, -0.2) is 22.5 Å². The Labute approximate surface area is 119 Å². The highest BCUT2D eigenvalue weighted by Crippen LogP contribution is 2.29. The molecule has 1 aromatic rings. The molecule has 0 radical (unpaired) electrons. The summed E-state index contributed by atoms with van der Waals surface area (Å²) in [6, 6.07) is 10.4. The van der Waals surface area contributed by atoms with Crippen LogP contribution in [0.2, 0.25) is 0 Å². The molecule has 2 N–H and O–H groups in total. The minimum Gasteiger partial charge on any atom is -0.224 e. The normalized spacial score (nSPS) is 12.2. The van der Waals surface area contributed by atoms with E-state index in [4.69, 9.17) is 12.2 Å². The Balaban J connectivity index is 2.57. The summed E-state index contributed by atoms with van der Waals surface area (Å²) in [5, 5.41) is 2.18. The molecule has 1 atom stereocenters. The first-order valence-corrected chi connectivity index (χ1v) is 7.50. The second kappa shape index (κ2) is 8.48. The van der Waals surface area contributed by atoms with E-state index < -0.39 is 0 Å². The molecule has 0 saturated heterocycles. The highest BCUT2D eigenvalue weighted by atomic mass is 32.2. The lowest BCUT2D eigenvalue weighted by Gasteiger charge is -2.26. The number of nitrogens with zero attached hydrogens (tertiary/aromatic N) is 1. The van der Waals surface area contributed by atoms with Gasteiger partial charge in [-0.25, -0.2) is 16.0 Å². The first-order chi connectivity index (χ1) is 8.69. The van der Waals surface area contributed by atoms with Crippen molar-refractivity contribution in [3.8, 4) is 0 Å². The van der Waals surface area contributed by atoms with E-state index >= 15 is 0 Å². The van der Waals surface area contributed by atoms with Gasteiger partial charge in [0.2, 0.25) is 0 Å². The number of thioether (sulfide) groups is 1. The van der Waals surface area contributed by atoms with Gasteiger partial charge in [0.15, 0.2) is 4.32 Å². The van der Waals surface area contributed by atoms with Crippen molar-refractivity contribution in [3.05, 3.63) is 35.9 Å². The third-order valence-corrected chi connectivity index (χ3v) is 3.84. The molecular formula is C13H21N3S2. The smallest absolute Gasteiger partial charge is 0.167 e. The van der Waals surface area contributed by atoms with E-state index in [-0.39, 0.29) is 0 Å². The van der Waals surface area contributed by atoms with Gasteiger partial charge in [-0.05, 0) is 24.7 Å². The molecule has 0 aliphatic rings. The third-order valence-electron chi connectivity index (χ3n) is 2.36. The molecule has 1 aromatic carbocycles. The molecule has 1 unspecified atom stereocenters. The minimum atomic E-state index is 0.346. The molecule has 0 bridgehead atoms. The van der Waals surface area contributed by atoms with Gasteiger partial charge in [0.05, 0.1) is 0 Å². The third kappa shape index (κ3) is 4.94. The fourth-order valence-electron chi connectivity index (χ4n) is 1.50. The lowest BCUT2D eigenvalue weighted by molar-refractivity contribution is 0.241. The fraction of sp³-hybridized carbons (Fsp3) is 0.462. The second-order valence-electron chi connectivity index (χ2n) is 3.80. The Morgan fingerprint density at radius 1 is 1.22 bits per heavy atom. The van der Waals surface area contributed by atoms with E-state index in [2.05, 4.69) is 55.9 Å². The van der Waals surface area contributed by atoms with Crippen molar-refractivity contribution in [2.45, 2.75) is 26.0 Å². The number of hydrazine groups is 2. The summed E-state index contributed by atoms with van der Waals surface area (Å²) in [5.41, 5.74) is 7.69. The van der Waals surface area contributed by atoms with E-state index in [9.17, 15) is 0 Å². The molecule has 18 heavy (non-hydrogen) atoms. The van der Waals surface area contributed by atoms with Gasteiger partial charge in [-0.2, -0.15) is 0 Å². The molecule has 0 fully saturated rings. The van der Waals surface area contributed by atoms with Crippen LogP contribution in [0.5, 0.6) is 0 Å². The van der Waals surface area contributed by atoms with Gasteiger partial charge in [0, 0.05) is 18.3 Å². The van der Waals surface area contributed by atoms with Crippen LogP contribution >= 0.6 is 24.0 Å². The van der Waals surface area contributed by atoms with Crippen LogP contribution in [0.15, 0.2) is 30.3 Å². The quantitative estimate of drug-likeness (QED) is 0.618. The number of hydrogen-bond donors (Lipinski definition) is 2. The topological polar surface area (TPSA) is 27.3 Å². The van der Waals surface area contributed by atoms with Crippen molar-refractivity contribution in [2.24, 2.45) is 0 Å². The number of benzene rings is 1. The first kappa shape index (κ1) is 15.4. The fourth-order valence-corrected chi connectivity index (χ4v) is 2.89. The summed E-state index contributed by atoms with van der Waals surface area (Å²) >= 11 is 7.12. The predicted molar refractivity (Wildman–Crippen MR) is 84.2 cm³/mol. The van der Waals surface area contributed by atoms with Crippen molar-refractivity contribution in [1.82, 2.24) is 16.0 Å². The van der Waals surface area contributed by atoms with Crippen LogP contribution in [0, 0.1) is 0 Å². The van der Waals surface area contributed by atoms with Crippen molar-refractivity contribution in [2.75, 3.05) is 13.1 Å². The maximum Gasteiger partial charge on any atom is 0.167 e. The summed E-state index contributed by atoms with van der Waals surface area (Å²) in [5.74, 6) is 0. The molecule has 0 saturated carbocycles. The summed E-state index contributed by atoms with van der Waals surface area (Å²) in [7, 11) is 0. The number of rotatable bonds is 6. The van der Waals surface area contributed by atoms with Crippen LogP contribution in [0.3, 0.4) is 0 Å². The van der Waals surface area contributed by atoms with Crippen LogP contribution in [-0.2, 0) is 0 Å². The van der Waals surface area contributed by atoms with Crippen molar-refractivity contribution in [1.29, 1.82) is 0 Å². The molecule has 0 aliphatic carbocycles. The van der Waals surface area contributed by atoms with E-state index in [1.165, 1.54) is 5.56 Å². The average molecular weight is 283 g/mol. The lowest BCUT2D eigenvalue weighted by atomic mass is 10.2. The van der Waals surface area contributed by atoms with Gasteiger partial charge in [0.1, 0.15) is 0 Å². The first-order valence-electron chi connectivity index (χ1n) is 6.21. The predicted octanol–water partition coefficient (Wildman–Crippen LogP) is 3.12. The average Bonchev–Trinajstić information content (AvgIpc) is 2.39. The molecule has 5 heteroatoms. The Morgan fingerprint density at radius 2 is 1.78 bits per heavy atom. The highest BCUT2D eigenvalue weighted by molar-refractivity contribution is 8.23. The maximum atomic E-state index is 5.45. The summed E-state index contributed by atoms with van der Waals surface area (Å²) in [4.78, 5) is 0.